The molecular weight excluding hydrogens is 362 g/mol. The summed E-state index contributed by atoms with van der Waals surface area (Å²) >= 11 is 13.1. The number of nitrogens with zero attached hydrogens (tertiary/aromatic N) is 5. The molecule has 0 aliphatic carbocycles. The third-order valence-corrected chi connectivity index (χ3v) is 5.18. The van der Waals surface area contributed by atoms with Crippen molar-refractivity contribution >= 4 is 35.2 Å². The number of hydrogen-bond donors (Lipinski definition) is 0. The topological polar surface area (TPSA) is 38.9 Å². The van der Waals surface area contributed by atoms with E-state index in [1.54, 1.807) is 11.3 Å². The van der Waals surface area contributed by atoms with Crippen LogP contribution in [0.3, 0.4) is 0 Å². The maximum atomic E-state index is 5.96. The van der Waals surface area contributed by atoms with Crippen molar-refractivity contribution in [2.24, 2.45) is 7.05 Å². The van der Waals surface area contributed by atoms with E-state index < -0.39 is 0 Å². The third-order valence-electron chi connectivity index (χ3n) is 3.62. The van der Waals surface area contributed by atoms with Gasteiger partial charge in [0.25, 0.3) is 0 Å². The number of thiazole rings is 1. The molecular formula is C16H18ClN5S2. The average Bonchev–Trinajstić information content (AvgIpc) is 3.06. The van der Waals surface area contributed by atoms with Crippen LogP contribution in [0.1, 0.15) is 10.7 Å². The minimum Gasteiger partial charge on any atom is -0.303 e. The van der Waals surface area contributed by atoms with E-state index in [-0.39, 0.29) is 0 Å². The summed E-state index contributed by atoms with van der Waals surface area (Å²) in [6, 6.07) is 7.61. The van der Waals surface area contributed by atoms with E-state index in [1.807, 2.05) is 54.5 Å². The molecule has 2 aromatic heterocycles. The van der Waals surface area contributed by atoms with Gasteiger partial charge in [-0.15, -0.1) is 11.3 Å². The van der Waals surface area contributed by atoms with Crippen LogP contribution in [0.15, 0.2) is 29.6 Å². The molecule has 0 atom stereocenters. The minimum absolute atomic E-state index is 0.608. The molecule has 24 heavy (non-hydrogen) atoms. The van der Waals surface area contributed by atoms with Crippen LogP contribution < -0.4 is 0 Å². The standard InChI is InChI=1S/C16H18ClN5S2/c1-11-18-14(9-24-11)8-20(2)10-22-16(23)21(3)15(19-22)12-4-6-13(17)7-5-12/h4-7,9H,8,10H2,1-3H3. The molecule has 3 aromatic rings. The van der Waals surface area contributed by atoms with Crippen molar-refractivity contribution in [3.63, 3.8) is 0 Å². The molecule has 0 fully saturated rings. The Balaban J connectivity index is 1.80. The lowest BCUT2D eigenvalue weighted by Crippen LogP contribution is -2.22. The van der Waals surface area contributed by atoms with Gasteiger partial charge in [0.05, 0.1) is 17.4 Å². The molecule has 126 valence electrons. The third kappa shape index (κ3) is 3.75. The fraction of sp³-hybridized carbons (Fsp3) is 0.312. The first-order chi connectivity index (χ1) is 11.4. The van der Waals surface area contributed by atoms with E-state index in [0.717, 1.165) is 28.6 Å². The van der Waals surface area contributed by atoms with E-state index in [1.165, 1.54) is 0 Å². The Kier molecular flexibility index (Phi) is 5.15. The van der Waals surface area contributed by atoms with Gasteiger partial charge in [-0.3, -0.25) is 4.90 Å². The Labute approximate surface area is 155 Å². The molecule has 0 radical (unpaired) electrons. The predicted octanol–water partition coefficient (Wildman–Crippen LogP) is 4.13. The van der Waals surface area contributed by atoms with Crippen molar-refractivity contribution in [3.8, 4) is 11.4 Å². The van der Waals surface area contributed by atoms with Gasteiger partial charge >= 0.3 is 0 Å². The van der Waals surface area contributed by atoms with Gasteiger partial charge in [-0.2, -0.15) is 5.10 Å². The number of hydrogen-bond acceptors (Lipinski definition) is 5. The summed E-state index contributed by atoms with van der Waals surface area (Å²) in [4.78, 5) is 6.64. The molecule has 0 bridgehead atoms. The van der Waals surface area contributed by atoms with Gasteiger partial charge in [0.1, 0.15) is 0 Å². The first-order valence-electron chi connectivity index (χ1n) is 7.43. The Hall–Kier alpha value is -1.54. The van der Waals surface area contributed by atoms with Gasteiger partial charge in [-0.1, -0.05) is 11.6 Å². The fourth-order valence-electron chi connectivity index (χ4n) is 2.47. The summed E-state index contributed by atoms with van der Waals surface area (Å²) in [5.74, 6) is 0.828. The first-order valence-corrected chi connectivity index (χ1v) is 9.10. The summed E-state index contributed by atoms with van der Waals surface area (Å²) < 4.78 is 4.43. The van der Waals surface area contributed by atoms with E-state index in [9.17, 15) is 0 Å². The molecule has 0 aliphatic heterocycles. The molecule has 1 aromatic carbocycles. The highest BCUT2D eigenvalue weighted by molar-refractivity contribution is 7.71. The second-order valence-corrected chi connectivity index (χ2v) is 7.55. The molecule has 0 saturated heterocycles. The van der Waals surface area contributed by atoms with Gasteiger partial charge in [-0.05, 0) is 50.5 Å². The minimum atomic E-state index is 0.608. The van der Waals surface area contributed by atoms with E-state index in [4.69, 9.17) is 23.8 Å². The SMILES string of the molecule is Cc1nc(CN(C)Cn2nc(-c3ccc(Cl)cc3)n(C)c2=S)cs1. The van der Waals surface area contributed by atoms with Crippen molar-refractivity contribution in [2.45, 2.75) is 20.1 Å². The number of halogens is 1. The van der Waals surface area contributed by atoms with Crippen molar-refractivity contribution in [2.75, 3.05) is 7.05 Å². The van der Waals surface area contributed by atoms with E-state index >= 15 is 0 Å². The van der Waals surface area contributed by atoms with Crippen molar-refractivity contribution in [1.29, 1.82) is 0 Å². The highest BCUT2D eigenvalue weighted by atomic mass is 35.5. The molecule has 0 aliphatic rings. The van der Waals surface area contributed by atoms with Crippen LogP contribution in [0.4, 0.5) is 0 Å². The molecule has 0 spiro atoms. The van der Waals surface area contributed by atoms with Crippen LogP contribution >= 0.6 is 35.2 Å². The maximum Gasteiger partial charge on any atom is 0.199 e. The zero-order chi connectivity index (χ0) is 17.3. The first kappa shape index (κ1) is 17.3. The van der Waals surface area contributed by atoms with E-state index in [2.05, 4.69) is 20.4 Å². The summed E-state index contributed by atoms with van der Waals surface area (Å²) in [6.45, 7) is 3.39. The zero-order valence-electron chi connectivity index (χ0n) is 13.7. The highest BCUT2D eigenvalue weighted by Crippen LogP contribution is 2.20. The highest BCUT2D eigenvalue weighted by Gasteiger charge is 2.12. The normalized spacial score (nSPS) is 11.4. The molecule has 2 heterocycles. The lowest BCUT2D eigenvalue weighted by Gasteiger charge is -2.14. The largest absolute Gasteiger partial charge is 0.303 e. The van der Waals surface area contributed by atoms with Crippen LogP contribution in [-0.2, 0) is 20.3 Å². The monoisotopic (exact) mass is 379 g/mol. The second-order valence-electron chi connectivity index (χ2n) is 5.69. The molecule has 8 heteroatoms. The van der Waals surface area contributed by atoms with Crippen molar-refractivity contribution in [3.05, 3.63) is 50.1 Å². The average molecular weight is 380 g/mol. The molecule has 0 unspecified atom stereocenters. The Morgan fingerprint density at radius 2 is 2.00 bits per heavy atom. The van der Waals surface area contributed by atoms with Gasteiger partial charge in [0.2, 0.25) is 0 Å². The summed E-state index contributed by atoms with van der Waals surface area (Å²) in [5, 5.41) is 8.54. The van der Waals surface area contributed by atoms with Crippen LogP contribution in [-0.4, -0.2) is 31.3 Å². The summed E-state index contributed by atoms with van der Waals surface area (Å²) in [7, 11) is 3.96. The molecule has 0 N–H and O–H groups in total. The Morgan fingerprint density at radius 1 is 1.29 bits per heavy atom. The zero-order valence-corrected chi connectivity index (χ0v) is 16.1. The molecule has 0 amide bonds. The van der Waals surface area contributed by atoms with Crippen molar-refractivity contribution < 1.29 is 0 Å². The Bertz CT molecular complexity index is 894. The van der Waals surface area contributed by atoms with Crippen LogP contribution in [0.5, 0.6) is 0 Å². The number of aryl methyl sites for hydroxylation is 1. The molecule has 5 nitrogen and oxygen atoms in total. The molecule has 0 saturated carbocycles. The molecule has 3 rings (SSSR count). The van der Waals surface area contributed by atoms with Crippen LogP contribution in [0.25, 0.3) is 11.4 Å². The van der Waals surface area contributed by atoms with Gasteiger partial charge in [0.15, 0.2) is 10.6 Å². The van der Waals surface area contributed by atoms with Crippen molar-refractivity contribution in [1.82, 2.24) is 24.2 Å². The smallest absolute Gasteiger partial charge is 0.199 e. The lowest BCUT2D eigenvalue weighted by atomic mass is 10.2. The lowest BCUT2D eigenvalue weighted by molar-refractivity contribution is 0.242. The van der Waals surface area contributed by atoms with Gasteiger partial charge in [0, 0.05) is 29.6 Å². The van der Waals surface area contributed by atoms with Gasteiger partial charge < -0.3 is 4.57 Å². The predicted molar refractivity (Wildman–Crippen MR) is 101 cm³/mol. The van der Waals surface area contributed by atoms with E-state index in [0.29, 0.717) is 16.5 Å². The summed E-state index contributed by atoms with van der Waals surface area (Å²) in [6.07, 6.45) is 0. The van der Waals surface area contributed by atoms with Crippen LogP contribution in [0.2, 0.25) is 5.02 Å². The maximum absolute atomic E-state index is 5.96. The second kappa shape index (κ2) is 7.14. The fourth-order valence-corrected chi connectivity index (χ4v) is 3.38. The quantitative estimate of drug-likeness (QED) is 0.625. The Morgan fingerprint density at radius 3 is 2.62 bits per heavy atom. The number of rotatable bonds is 5. The van der Waals surface area contributed by atoms with Gasteiger partial charge in [-0.25, -0.2) is 9.67 Å². The number of benzene rings is 1. The van der Waals surface area contributed by atoms with Crippen LogP contribution in [0, 0.1) is 11.7 Å². The number of aromatic nitrogens is 4. The summed E-state index contributed by atoms with van der Waals surface area (Å²) in [5.41, 5.74) is 2.06.